The van der Waals surface area contributed by atoms with Gasteiger partial charge in [-0.25, -0.2) is 0 Å². The first-order valence-corrected chi connectivity index (χ1v) is 12.3. The van der Waals surface area contributed by atoms with Crippen molar-refractivity contribution in [3.63, 3.8) is 0 Å². The SMILES string of the molecule is CC1(C)c2ccccc2Oc2cc(-c3ccc(-c4cccc5sc6ccccc6c45)o3)ccc21. The van der Waals surface area contributed by atoms with Gasteiger partial charge in [0.05, 0.1) is 0 Å². The Hall–Kier alpha value is -3.82. The van der Waals surface area contributed by atoms with Crippen LogP contribution >= 0.6 is 11.3 Å². The second kappa shape index (κ2) is 7.09. The zero-order valence-electron chi connectivity index (χ0n) is 19.0. The summed E-state index contributed by atoms with van der Waals surface area (Å²) in [6.07, 6.45) is 0. The molecule has 0 saturated carbocycles. The maximum absolute atomic E-state index is 6.44. The highest BCUT2D eigenvalue weighted by molar-refractivity contribution is 7.25. The maximum Gasteiger partial charge on any atom is 0.135 e. The molecule has 0 aliphatic carbocycles. The van der Waals surface area contributed by atoms with Crippen molar-refractivity contribution >= 4 is 31.5 Å². The predicted molar refractivity (Wildman–Crippen MR) is 141 cm³/mol. The molecule has 0 radical (unpaired) electrons. The zero-order valence-corrected chi connectivity index (χ0v) is 19.8. The summed E-state index contributed by atoms with van der Waals surface area (Å²) >= 11 is 1.83. The Morgan fingerprint density at radius 2 is 1.41 bits per heavy atom. The van der Waals surface area contributed by atoms with Gasteiger partial charge >= 0.3 is 0 Å². The van der Waals surface area contributed by atoms with Crippen LogP contribution < -0.4 is 4.74 Å². The molecule has 3 heteroatoms. The average molecular weight is 459 g/mol. The fourth-order valence-electron chi connectivity index (χ4n) is 5.23. The fourth-order valence-corrected chi connectivity index (χ4v) is 6.36. The van der Waals surface area contributed by atoms with Crippen molar-refractivity contribution in [1.82, 2.24) is 0 Å². The molecule has 4 aromatic carbocycles. The van der Waals surface area contributed by atoms with Gasteiger partial charge in [0.15, 0.2) is 0 Å². The molecular weight excluding hydrogens is 436 g/mol. The Balaban J connectivity index is 1.33. The minimum Gasteiger partial charge on any atom is -0.457 e. The molecule has 0 saturated heterocycles. The van der Waals surface area contributed by atoms with E-state index >= 15 is 0 Å². The lowest BCUT2D eigenvalue weighted by Gasteiger charge is -2.34. The predicted octanol–water partition coefficient (Wildman–Crippen LogP) is 9.41. The van der Waals surface area contributed by atoms with Crippen LogP contribution in [0.25, 0.3) is 42.8 Å². The first-order valence-electron chi connectivity index (χ1n) is 11.5. The molecule has 1 aliphatic rings. The second-order valence-electron chi connectivity index (χ2n) is 9.37. The standard InChI is InChI=1S/C31H22O2S/c1-31(2)22-10-4-5-11-26(22)33-27-18-19(14-15-23(27)31)24-16-17-25(32-24)20-9-7-13-29-30(20)21-8-3-6-12-28(21)34-29/h3-18H,1-2H3. The summed E-state index contributed by atoms with van der Waals surface area (Å²) in [5, 5.41) is 2.54. The number of benzene rings is 4. The number of ether oxygens (including phenoxy) is 1. The number of rotatable bonds is 2. The first-order chi connectivity index (χ1) is 16.6. The van der Waals surface area contributed by atoms with Crippen molar-refractivity contribution in [2.24, 2.45) is 0 Å². The molecule has 34 heavy (non-hydrogen) atoms. The van der Waals surface area contributed by atoms with Crippen molar-refractivity contribution in [1.29, 1.82) is 0 Å². The Morgan fingerprint density at radius 3 is 2.35 bits per heavy atom. The van der Waals surface area contributed by atoms with Crippen LogP contribution in [-0.4, -0.2) is 0 Å². The highest BCUT2D eigenvalue weighted by Gasteiger charge is 2.34. The van der Waals surface area contributed by atoms with Gasteiger partial charge in [-0.2, -0.15) is 0 Å². The van der Waals surface area contributed by atoms with Crippen molar-refractivity contribution < 1.29 is 9.15 Å². The van der Waals surface area contributed by atoms with E-state index < -0.39 is 0 Å². The van der Waals surface area contributed by atoms with Crippen LogP contribution in [0.15, 0.2) is 101 Å². The lowest BCUT2D eigenvalue weighted by atomic mass is 9.75. The van der Waals surface area contributed by atoms with Crippen molar-refractivity contribution in [2.75, 3.05) is 0 Å². The molecule has 0 amide bonds. The molecule has 0 spiro atoms. The summed E-state index contributed by atoms with van der Waals surface area (Å²) in [5.74, 6) is 3.54. The summed E-state index contributed by atoms with van der Waals surface area (Å²) in [4.78, 5) is 0. The van der Waals surface area contributed by atoms with Crippen molar-refractivity contribution in [3.05, 3.63) is 108 Å². The maximum atomic E-state index is 6.44. The topological polar surface area (TPSA) is 22.4 Å². The van der Waals surface area contributed by atoms with Crippen molar-refractivity contribution in [3.8, 4) is 34.1 Å². The Bertz CT molecular complexity index is 1720. The largest absolute Gasteiger partial charge is 0.457 e. The summed E-state index contributed by atoms with van der Waals surface area (Å²) in [6, 6.07) is 33.9. The lowest BCUT2D eigenvalue weighted by Crippen LogP contribution is -2.24. The minimum atomic E-state index is -0.118. The van der Waals surface area contributed by atoms with E-state index in [4.69, 9.17) is 9.15 Å². The van der Waals surface area contributed by atoms with Gasteiger partial charge < -0.3 is 9.15 Å². The monoisotopic (exact) mass is 458 g/mol. The van der Waals surface area contributed by atoms with Gasteiger partial charge in [0.1, 0.15) is 23.0 Å². The highest BCUT2D eigenvalue weighted by Crippen LogP contribution is 2.49. The Kier molecular flexibility index (Phi) is 4.09. The van der Waals surface area contributed by atoms with Gasteiger partial charge in [-0.05, 0) is 36.4 Å². The molecule has 7 rings (SSSR count). The number of thiophene rings is 1. The van der Waals surface area contributed by atoms with Gasteiger partial charge in [-0.1, -0.05) is 74.5 Å². The third kappa shape index (κ3) is 2.80. The summed E-state index contributed by atoms with van der Waals surface area (Å²) in [5.41, 5.74) is 4.43. The van der Waals surface area contributed by atoms with E-state index in [2.05, 4.69) is 98.8 Å². The molecule has 0 atom stereocenters. The smallest absolute Gasteiger partial charge is 0.135 e. The second-order valence-corrected chi connectivity index (χ2v) is 10.5. The van der Waals surface area contributed by atoms with Crippen LogP contribution in [0.2, 0.25) is 0 Å². The summed E-state index contributed by atoms with van der Waals surface area (Å²) in [6.45, 7) is 4.51. The zero-order chi connectivity index (χ0) is 22.9. The van der Waals surface area contributed by atoms with Crippen LogP contribution in [0.1, 0.15) is 25.0 Å². The molecule has 0 bridgehead atoms. The van der Waals surface area contributed by atoms with Crippen LogP contribution in [0, 0.1) is 0 Å². The molecule has 1 aliphatic heterocycles. The summed E-state index contributed by atoms with van der Waals surface area (Å²) < 4.78 is 15.3. The van der Waals surface area contributed by atoms with Crippen LogP contribution in [-0.2, 0) is 5.41 Å². The quantitative estimate of drug-likeness (QED) is 0.258. The number of para-hydroxylation sites is 1. The van der Waals surface area contributed by atoms with Gasteiger partial charge in [-0.15, -0.1) is 11.3 Å². The van der Waals surface area contributed by atoms with Gasteiger partial charge in [-0.3, -0.25) is 0 Å². The fraction of sp³-hybridized carbons (Fsp3) is 0.0968. The molecule has 0 unspecified atom stereocenters. The number of hydrogen-bond acceptors (Lipinski definition) is 3. The van der Waals surface area contributed by atoms with Crippen LogP contribution in [0.3, 0.4) is 0 Å². The van der Waals surface area contributed by atoms with E-state index in [1.807, 2.05) is 23.5 Å². The summed E-state index contributed by atoms with van der Waals surface area (Å²) in [7, 11) is 0. The van der Waals surface area contributed by atoms with Crippen molar-refractivity contribution in [2.45, 2.75) is 19.3 Å². The normalized spacial score (nSPS) is 14.1. The van der Waals surface area contributed by atoms with E-state index in [1.54, 1.807) is 0 Å². The lowest BCUT2D eigenvalue weighted by molar-refractivity contribution is 0.418. The average Bonchev–Trinajstić information content (AvgIpc) is 3.49. The van der Waals surface area contributed by atoms with E-state index in [-0.39, 0.29) is 5.41 Å². The first kappa shape index (κ1) is 19.6. The van der Waals surface area contributed by atoms with E-state index in [0.29, 0.717) is 0 Å². The van der Waals surface area contributed by atoms with Gasteiger partial charge in [0.25, 0.3) is 0 Å². The highest BCUT2D eigenvalue weighted by atomic mass is 32.1. The van der Waals surface area contributed by atoms with E-state index in [0.717, 1.165) is 34.1 Å². The molecule has 164 valence electrons. The van der Waals surface area contributed by atoms with E-state index in [1.165, 1.54) is 31.3 Å². The molecule has 2 nitrogen and oxygen atoms in total. The number of furan rings is 1. The molecule has 2 aromatic heterocycles. The number of fused-ring (bicyclic) bond motifs is 5. The number of hydrogen-bond donors (Lipinski definition) is 0. The Labute approximate surface area is 202 Å². The molecular formula is C31H22O2S. The third-order valence-electron chi connectivity index (χ3n) is 6.99. The molecule has 6 aromatic rings. The molecule has 0 fully saturated rings. The third-order valence-corrected chi connectivity index (χ3v) is 8.13. The van der Waals surface area contributed by atoms with Gasteiger partial charge in [0, 0.05) is 47.8 Å². The van der Waals surface area contributed by atoms with Crippen LogP contribution in [0.4, 0.5) is 0 Å². The molecule has 0 N–H and O–H groups in total. The van der Waals surface area contributed by atoms with Crippen LogP contribution in [0.5, 0.6) is 11.5 Å². The minimum absolute atomic E-state index is 0.118. The van der Waals surface area contributed by atoms with Gasteiger partial charge in [0.2, 0.25) is 0 Å². The molecule has 3 heterocycles. The Morgan fingerprint density at radius 1 is 0.647 bits per heavy atom. The van der Waals surface area contributed by atoms with E-state index in [9.17, 15) is 0 Å².